The predicted octanol–water partition coefficient (Wildman–Crippen LogP) is 3.74. The predicted molar refractivity (Wildman–Crippen MR) is 90.1 cm³/mol. The van der Waals surface area contributed by atoms with Gasteiger partial charge >= 0.3 is 0 Å². The SMILES string of the molecule is CCc1c(C(=O)Nc2cccnc2)cnn1-c1cccc(Cl)c1. The Morgan fingerprint density at radius 3 is 2.83 bits per heavy atom. The summed E-state index contributed by atoms with van der Waals surface area (Å²) >= 11 is 6.04. The molecule has 0 aliphatic carbocycles. The van der Waals surface area contributed by atoms with Crippen molar-refractivity contribution in [3.63, 3.8) is 0 Å². The number of aromatic nitrogens is 3. The van der Waals surface area contributed by atoms with E-state index in [9.17, 15) is 4.79 Å². The molecule has 0 atom stereocenters. The third-order valence-electron chi connectivity index (χ3n) is 3.42. The first-order chi connectivity index (χ1) is 11.2. The van der Waals surface area contributed by atoms with Crippen LogP contribution < -0.4 is 5.32 Å². The average molecular weight is 327 g/mol. The largest absolute Gasteiger partial charge is 0.320 e. The number of carbonyl (C=O) groups is 1. The average Bonchev–Trinajstić information content (AvgIpc) is 3.00. The van der Waals surface area contributed by atoms with Crippen LogP contribution in [-0.2, 0) is 6.42 Å². The third kappa shape index (κ3) is 3.24. The molecule has 116 valence electrons. The van der Waals surface area contributed by atoms with Crippen molar-refractivity contribution in [3.05, 3.63) is 71.3 Å². The standard InChI is InChI=1S/C17H15ClN4O/c1-2-16-15(17(23)21-13-6-4-8-19-10-13)11-20-22(16)14-7-3-5-12(18)9-14/h3-11H,2H2,1H3,(H,21,23). The molecule has 5 nitrogen and oxygen atoms in total. The van der Waals surface area contributed by atoms with Crippen LogP contribution in [0.4, 0.5) is 5.69 Å². The van der Waals surface area contributed by atoms with Crippen LogP contribution in [0.1, 0.15) is 23.0 Å². The van der Waals surface area contributed by atoms with E-state index >= 15 is 0 Å². The number of halogens is 1. The van der Waals surface area contributed by atoms with Crippen LogP contribution in [0.2, 0.25) is 5.02 Å². The van der Waals surface area contributed by atoms with Gasteiger partial charge in [0.05, 0.1) is 35.0 Å². The number of carbonyl (C=O) groups excluding carboxylic acids is 1. The zero-order chi connectivity index (χ0) is 16.2. The third-order valence-corrected chi connectivity index (χ3v) is 3.66. The van der Waals surface area contributed by atoms with Gasteiger partial charge in [0, 0.05) is 11.2 Å². The van der Waals surface area contributed by atoms with Crippen molar-refractivity contribution in [2.24, 2.45) is 0 Å². The maximum Gasteiger partial charge on any atom is 0.259 e. The highest BCUT2D eigenvalue weighted by Gasteiger charge is 2.17. The van der Waals surface area contributed by atoms with E-state index in [-0.39, 0.29) is 5.91 Å². The summed E-state index contributed by atoms with van der Waals surface area (Å²) in [5.74, 6) is -0.205. The first kappa shape index (κ1) is 15.2. The van der Waals surface area contributed by atoms with Crippen molar-refractivity contribution in [3.8, 4) is 5.69 Å². The Morgan fingerprint density at radius 1 is 1.26 bits per heavy atom. The fourth-order valence-electron chi connectivity index (χ4n) is 2.37. The van der Waals surface area contributed by atoms with Crippen LogP contribution in [0.15, 0.2) is 55.0 Å². The van der Waals surface area contributed by atoms with Gasteiger partial charge in [-0.05, 0) is 36.8 Å². The highest BCUT2D eigenvalue weighted by molar-refractivity contribution is 6.30. The summed E-state index contributed by atoms with van der Waals surface area (Å²) in [4.78, 5) is 16.5. The van der Waals surface area contributed by atoms with Crippen molar-refractivity contribution >= 4 is 23.2 Å². The molecule has 2 heterocycles. The number of hydrogen-bond acceptors (Lipinski definition) is 3. The van der Waals surface area contributed by atoms with Gasteiger partial charge in [-0.3, -0.25) is 9.78 Å². The Kier molecular flexibility index (Phi) is 4.39. The Labute approximate surface area is 138 Å². The summed E-state index contributed by atoms with van der Waals surface area (Å²) in [6.45, 7) is 1.99. The monoisotopic (exact) mass is 326 g/mol. The van der Waals surface area contributed by atoms with Crippen LogP contribution in [0.3, 0.4) is 0 Å². The summed E-state index contributed by atoms with van der Waals surface area (Å²) in [6, 6.07) is 10.9. The molecule has 1 aromatic carbocycles. The molecule has 0 spiro atoms. The maximum absolute atomic E-state index is 12.5. The second-order valence-electron chi connectivity index (χ2n) is 4.95. The number of nitrogens with one attached hydrogen (secondary N) is 1. The van der Waals surface area contributed by atoms with Crippen molar-refractivity contribution in [2.45, 2.75) is 13.3 Å². The first-order valence-electron chi connectivity index (χ1n) is 7.23. The highest BCUT2D eigenvalue weighted by atomic mass is 35.5. The topological polar surface area (TPSA) is 59.8 Å². The Hall–Kier alpha value is -2.66. The fraction of sp³-hybridized carbons (Fsp3) is 0.118. The molecule has 23 heavy (non-hydrogen) atoms. The zero-order valence-corrected chi connectivity index (χ0v) is 13.3. The van der Waals surface area contributed by atoms with Crippen molar-refractivity contribution < 1.29 is 4.79 Å². The summed E-state index contributed by atoms with van der Waals surface area (Å²) in [6.07, 6.45) is 5.50. The Bertz CT molecular complexity index is 830. The molecular weight excluding hydrogens is 312 g/mol. The number of amides is 1. The molecule has 3 rings (SSSR count). The van der Waals surface area contributed by atoms with Crippen molar-refractivity contribution in [2.75, 3.05) is 5.32 Å². The summed E-state index contributed by atoms with van der Waals surface area (Å²) < 4.78 is 1.74. The quantitative estimate of drug-likeness (QED) is 0.794. The van der Waals surface area contributed by atoms with Crippen LogP contribution in [-0.4, -0.2) is 20.7 Å². The summed E-state index contributed by atoms with van der Waals surface area (Å²) in [7, 11) is 0. The van der Waals surface area contributed by atoms with E-state index < -0.39 is 0 Å². The van der Waals surface area contributed by atoms with Crippen LogP contribution >= 0.6 is 11.6 Å². The lowest BCUT2D eigenvalue weighted by Gasteiger charge is -2.08. The van der Waals surface area contributed by atoms with E-state index in [2.05, 4.69) is 15.4 Å². The molecule has 0 fully saturated rings. The molecule has 0 unspecified atom stereocenters. The molecule has 1 amide bonds. The molecule has 0 radical (unpaired) electrons. The van der Waals surface area contributed by atoms with Gasteiger partial charge in [-0.25, -0.2) is 4.68 Å². The smallest absolute Gasteiger partial charge is 0.259 e. The van der Waals surface area contributed by atoms with E-state index in [1.54, 1.807) is 41.5 Å². The van der Waals surface area contributed by atoms with E-state index in [1.165, 1.54) is 0 Å². The van der Waals surface area contributed by atoms with Gasteiger partial charge in [-0.1, -0.05) is 24.6 Å². The normalized spacial score (nSPS) is 10.5. The van der Waals surface area contributed by atoms with E-state index in [0.29, 0.717) is 22.7 Å². The van der Waals surface area contributed by atoms with Crippen molar-refractivity contribution in [1.29, 1.82) is 0 Å². The fourth-order valence-corrected chi connectivity index (χ4v) is 2.55. The summed E-state index contributed by atoms with van der Waals surface area (Å²) in [5.41, 5.74) is 2.84. The molecule has 6 heteroatoms. The Morgan fingerprint density at radius 2 is 2.13 bits per heavy atom. The lowest BCUT2D eigenvalue weighted by atomic mass is 10.2. The minimum atomic E-state index is -0.205. The van der Waals surface area contributed by atoms with E-state index in [0.717, 1.165) is 11.4 Å². The van der Waals surface area contributed by atoms with Crippen LogP contribution in [0.5, 0.6) is 0 Å². The molecule has 3 aromatic rings. The molecule has 1 N–H and O–H groups in total. The minimum absolute atomic E-state index is 0.205. The molecule has 0 aliphatic rings. The van der Waals surface area contributed by atoms with Crippen molar-refractivity contribution in [1.82, 2.24) is 14.8 Å². The lowest BCUT2D eigenvalue weighted by Crippen LogP contribution is -2.14. The number of anilines is 1. The van der Waals surface area contributed by atoms with Gasteiger partial charge in [0.2, 0.25) is 0 Å². The lowest BCUT2D eigenvalue weighted by molar-refractivity contribution is 0.102. The maximum atomic E-state index is 12.5. The van der Waals surface area contributed by atoms with Gasteiger partial charge in [-0.2, -0.15) is 5.10 Å². The second-order valence-corrected chi connectivity index (χ2v) is 5.38. The van der Waals surface area contributed by atoms with Gasteiger partial charge < -0.3 is 5.32 Å². The summed E-state index contributed by atoms with van der Waals surface area (Å²) in [5, 5.41) is 7.80. The van der Waals surface area contributed by atoms with Gasteiger partial charge in [-0.15, -0.1) is 0 Å². The van der Waals surface area contributed by atoms with Gasteiger partial charge in [0.1, 0.15) is 0 Å². The van der Waals surface area contributed by atoms with E-state index in [4.69, 9.17) is 11.6 Å². The van der Waals surface area contributed by atoms with Crippen LogP contribution in [0.25, 0.3) is 5.69 Å². The molecule has 2 aromatic heterocycles. The minimum Gasteiger partial charge on any atom is -0.320 e. The first-order valence-corrected chi connectivity index (χ1v) is 7.61. The number of rotatable bonds is 4. The molecular formula is C17H15ClN4O. The molecule has 0 bridgehead atoms. The number of pyridine rings is 1. The van der Waals surface area contributed by atoms with Gasteiger partial charge in [0.25, 0.3) is 5.91 Å². The molecule has 0 aliphatic heterocycles. The number of benzene rings is 1. The number of nitrogens with zero attached hydrogens (tertiary/aromatic N) is 3. The Balaban J connectivity index is 1.93. The second kappa shape index (κ2) is 6.62. The van der Waals surface area contributed by atoms with Crippen LogP contribution in [0, 0.1) is 0 Å². The number of hydrogen-bond donors (Lipinski definition) is 1. The molecule has 0 saturated carbocycles. The zero-order valence-electron chi connectivity index (χ0n) is 12.5. The molecule has 0 saturated heterocycles. The van der Waals surface area contributed by atoms with E-state index in [1.807, 2.05) is 25.1 Å². The highest BCUT2D eigenvalue weighted by Crippen LogP contribution is 2.20. The van der Waals surface area contributed by atoms with Gasteiger partial charge in [0.15, 0.2) is 0 Å².